The number of anilines is 1. The summed E-state index contributed by atoms with van der Waals surface area (Å²) in [5.74, 6) is -0.00713. The van der Waals surface area contributed by atoms with Crippen molar-refractivity contribution >= 4 is 11.6 Å². The summed E-state index contributed by atoms with van der Waals surface area (Å²) in [6, 6.07) is 8.00. The van der Waals surface area contributed by atoms with Crippen molar-refractivity contribution in [1.29, 1.82) is 0 Å². The summed E-state index contributed by atoms with van der Waals surface area (Å²) in [4.78, 5) is 12.1. The molecule has 0 bridgehead atoms. The molecule has 0 spiro atoms. The van der Waals surface area contributed by atoms with Gasteiger partial charge in [0.25, 0.3) is 0 Å². The maximum atomic E-state index is 12.1. The number of nitrogens with one attached hydrogen (secondary N) is 1. The van der Waals surface area contributed by atoms with Gasteiger partial charge in [0.2, 0.25) is 5.91 Å². The van der Waals surface area contributed by atoms with Gasteiger partial charge in [0.15, 0.2) is 19.8 Å². The first-order valence-electron chi connectivity index (χ1n) is 6.37. The maximum Gasteiger partial charge on any atom is 0.250 e. The predicted molar refractivity (Wildman–Crippen MR) is 74.9 cm³/mol. The maximum absolute atomic E-state index is 12.1. The van der Waals surface area contributed by atoms with Crippen LogP contribution in [-0.4, -0.2) is 10.6 Å². The van der Waals surface area contributed by atoms with Crippen molar-refractivity contribution in [1.82, 2.24) is 4.68 Å². The van der Waals surface area contributed by atoms with Gasteiger partial charge >= 0.3 is 0 Å². The number of rotatable bonds is 3. The first-order valence-corrected chi connectivity index (χ1v) is 6.37. The Balaban J connectivity index is 0.00000200. The Morgan fingerprint density at radius 2 is 1.80 bits per heavy atom. The molecule has 0 aliphatic rings. The fourth-order valence-electron chi connectivity index (χ4n) is 2.19. The van der Waals surface area contributed by atoms with Gasteiger partial charge in [0, 0.05) is 44.5 Å². The molecule has 1 amide bonds. The smallest absolute Gasteiger partial charge is 0.250 e. The average Bonchev–Trinajstić information content (AvgIpc) is 2.66. The Bertz CT molecular complexity index is 580. The van der Waals surface area contributed by atoms with Crippen molar-refractivity contribution in [2.24, 2.45) is 7.05 Å². The van der Waals surface area contributed by atoms with E-state index in [-0.39, 0.29) is 38.6 Å². The van der Waals surface area contributed by atoms with Crippen molar-refractivity contribution in [3.05, 3.63) is 47.3 Å². The van der Waals surface area contributed by atoms with Crippen LogP contribution in [0.3, 0.4) is 0 Å². The van der Waals surface area contributed by atoms with Crippen molar-refractivity contribution in [3.8, 4) is 0 Å². The minimum atomic E-state index is -0.00713. The predicted octanol–water partition coefficient (Wildman–Crippen LogP) is 1.87. The van der Waals surface area contributed by atoms with E-state index in [0.717, 1.165) is 22.5 Å². The third kappa shape index (κ3) is 3.77. The molecule has 4 nitrogen and oxygen atoms in total. The van der Waals surface area contributed by atoms with Crippen LogP contribution in [-0.2, 0) is 51.1 Å². The molecule has 2 rings (SSSR count). The molecule has 1 heterocycles. The molecular weight excluding hydrogens is 327 g/mol. The first-order chi connectivity index (χ1) is 8.99. The van der Waals surface area contributed by atoms with Crippen LogP contribution >= 0.6 is 0 Å². The van der Waals surface area contributed by atoms with E-state index in [1.165, 1.54) is 0 Å². The molecule has 1 aromatic heterocycles. The van der Waals surface area contributed by atoms with Crippen molar-refractivity contribution in [2.75, 3.05) is 5.32 Å². The normalized spacial score (nSPS) is 10.0. The van der Waals surface area contributed by atoms with E-state index in [4.69, 9.17) is 0 Å². The van der Waals surface area contributed by atoms with Gasteiger partial charge in [-0.3, -0.25) is 4.79 Å². The second kappa shape index (κ2) is 7.14. The number of benzene rings is 1. The van der Waals surface area contributed by atoms with Crippen LogP contribution in [0.25, 0.3) is 0 Å². The number of carbonyl (C=O) groups excluding carboxylic acids is 1. The van der Waals surface area contributed by atoms with E-state index in [2.05, 4.69) is 5.32 Å². The zero-order valence-electron chi connectivity index (χ0n) is 12.5. The number of para-hydroxylation sites is 1. The molecule has 0 saturated carbocycles. The van der Waals surface area contributed by atoms with Crippen LogP contribution in [0.4, 0.5) is 5.69 Å². The number of aryl methyl sites for hydroxylation is 4. The summed E-state index contributed by atoms with van der Waals surface area (Å²) in [7, 11) is 1.93. The van der Waals surface area contributed by atoms with E-state index in [9.17, 15) is 4.79 Å². The third-order valence-corrected chi connectivity index (χ3v) is 3.36. The minimum Gasteiger partial charge on any atom is -0.324 e. The second-order valence-electron chi connectivity index (χ2n) is 4.90. The van der Waals surface area contributed by atoms with Gasteiger partial charge < -0.3 is 5.32 Å². The number of hydrogen-bond acceptors (Lipinski definition) is 1. The van der Waals surface area contributed by atoms with Crippen molar-refractivity contribution < 1.29 is 42.2 Å². The molecular formula is C15H20N3OY+. The van der Waals surface area contributed by atoms with Gasteiger partial charge in [-0.25, -0.2) is 0 Å². The number of aromatic nitrogens is 2. The number of nitrogens with zero attached hydrogens (tertiary/aromatic N) is 2. The molecule has 1 aromatic carbocycles. The van der Waals surface area contributed by atoms with Gasteiger partial charge in [0.1, 0.15) is 0 Å². The van der Waals surface area contributed by atoms with Gasteiger partial charge in [-0.15, -0.1) is 9.36 Å². The SMILES string of the molecule is Cc1cccc(C)c1NC(=O)Cn1c(C)cc[n+]1C.[Y]. The fraction of sp³-hybridized carbons (Fsp3) is 0.333. The molecule has 0 unspecified atom stereocenters. The summed E-state index contributed by atoms with van der Waals surface area (Å²) < 4.78 is 3.85. The number of hydrogen-bond donors (Lipinski definition) is 1. The Labute approximate surface area is 145 Å². The van der Waals surface area contributed by atoms with Gasteiger partial charge in [-0.1, -0.05) is 18.2 Å². The van der Waals surface area contributed by atoms with E-state index in [1.54, 1.807) is 0 Å². The van der Waals surface area contributed by atoms with Gasteiger partial charge in [0.05, 0.1) is 5.69 Å². The molecule has 5 heteroatoms. The van der Waals surface area contributed by atoms with Crippen LogP contribution in [0, 0.1) is 20.8 Å². The average molecular weight is 347 g/mol. The molecule has 0 atom stereocenters. The molecule has 0 aliphatic heterocycles. The quantitative estimate of drug-likeness (QED) is 0.846. The zero-order valence-corrected chi connectivity index (χ0v) is 15.3. The summed E-state index contributed by atoms with van der Waals surface area (Å²) in [6.07, 6.45) is 1.95. The van der Waals surface area contributed by atoms with Crippen molar-refractivity contribution in [2.45, 2.75) is 27.3 Å². The molecule has 1 N–H and O–H groups in total. The molecule has 0 saturated heterocycles. The molecule has 2 aromatic rings. The Kier molecular flexibility index (Phi) is 6.09. The second-order valence-corrected chi connectivity index (χ2v) is 4.90. The summed E-state index contributed by atoms with van der Waals surface area (Å²) in [6.45, 7) is 6.32. The molecule has 0 aliphatic carbocycles. The van der Waals surface area contributed by atoms with Crippen LogP contribution in [0.15, 0.2) is 30.5 Å². The van der Waals surface area contributed by atoms with Crippen LogP contribution < -0.4 is 10.00 Å². The molecule has 1 radical (unpaired) electrons. The monoisotopic (exact) mass is 347 g/mol. The standard InChI is InChI=1S/C15H19N3O.Y/c1-11-6-5-7-12(2)15(11)16-14(19)10-18-13(3)8-9-17(18)4;/h5-9H,10H2,1-4H3;/p+1. The molecule has 0 fully saturated rings. The Morgan fingerprint density at radius 3 is 2.30 bits per heavy atom. The van der Waals surface area contributed by atoms with E-state index in [0.29, 0.717) is 6.54 Å². The van der Waals surface area contributed by atoms with Gasteiger partial charge in [-0.2, -0.15) is 0 Å². The van der Waals surface area contributed by atoms with E-state index in [1.807, 2.05) is 67.6 Å². The minimum absolute atomic E-state index is 0. The Hall–Kier alpha value is -0.996. The first kappa shape index (κ1) is 17.1. The van der Waals surface area contributed by atoms with Crippen LogP contribution in [0.2, 0.25) is 0 Å². The third-order valence-electron chi connectivity index (χ3n) is 3.36. The summed E-state index contributed by atoms with van der Waals surface area (Å²) >= 11 is 0. The van der Waals surface area contributed by atoms with E-state index >= 15 is 0 Å². The number of carbonyl (C=O) groups is 1. The Morgan fingerprint density at radius 1 is 1.20 bits per heavy atom. The fourth-order valence-corrected chi connectivity index (χ4v) is 2.19. The van der Waals surface area contributed by atoms with Gasteiger partial charge in [-0.05, 0) is 31.9 Å². The largest absolute Gasteiger partial charge is 0.324 e. The van der Waals surface area contributed by atoms with Crippen LogP contribution in [0.1, 0.15) is 16.8 Å². The number of amides is 1. The summed E-state index contributed by atoms with van der Waals surface area (Å²) in [5.41, 5.74) is 4.16. The topological polar surface area (TPSA) is 37.9 Å². The molecule has 20 heavy (non-hydrogen) atoms. The van der Waals surface area contributed by atoms with E-state index < -0.39 is 0 Å². The van der Waals surface area contributed by atoms with Crippen molar-refractivity contribution in [3.63, 3.8) is 0 Å². The molecule has 103 valence electrons. The van der Waals surface area contributed by atoms with Crippen LogP contribution in [0.5, 0.6) is 0 Å². The summed E-state index contributed by atoms with van der Waals surface area (Å²) in [5, 5.41) is 3.00. The zero-order chi connectivity index (χ0) is 14.0.